The zero-order valence-corrected chi connectivity index (χ0v) is 10.2. The minimum atomic E-state index is -0.469. The summed E-state index contributed by atoms with van der Waals surface area (Å²) >= 11 is 0. The van der Waals surface area contributed by atoms with Gasteiger partial charge in [-0.05, 0) is 25.3 Å². The molecule has 1 fully saturated rings. The molecule has 88 valence electrons. The van der Waals surface area contributed by atoms with Gasteiger partial charge in [0.1, 0.15) is 6.04 Å². The molecular weight excluding hydrogens is 212 g/mol. The number of nitrogens with zero attached hydrogens (tertiary/aromatic N) is 2. The first-order chi connectivity index (χ1) is 8.13. The van der Waals surface area contributed by atoms with Crippen molar-refractivity contribution in [1.82, 2.24) is 4.90 Å². The fourth-order valence-electron chi connectivity index (χ4n) is 1.97. The molecule has 1 saturated carbocycles. The van der Waals surface area contributed by atoms with Crippen molar-refractivity contribution in [2.24, 2.45) is 5.92 Å². The normalized spacial score (nSPS) is 16.1. The highest BCUT2D eigenvalue weighted by Gasteiger charge is 2.34. The second-order valence-electron chi connectivity index (χ2n) is 4.67. The van der Waals surface area contributed by atoms with E-state index >= 15 is 0 Å². The fourth-order valence-corrected chi connectivity index (χ4v) is 1.97. The Morgan fingerprint density at radius 2 is 2.24 bits per heavy atom. The van der Waals surface area contributed by atoms with Crippen LogP contribution in [-0.4, -0.2) is 17.9 Å². The van der Waals surface area contributed by atoms with E-state index in [0.717, 1.165) is 24.0 Å². The van der Waals surface area contributed by atoms with Gasteiger partial charge in [0.15, 0.2) is 0 Å². The van der Waals surface area contributed by atoms with Gasteiger partial charge in [-0.2, -0.15) is 5.26 Å². The first-order valence-corrected chi connectivity index (χ1v) is 5.86. The molecule has 2 rings (SSSR count). The van der Waals surface area contributed by atoms with Crippen LogP contribution in [0.15, 0.2) is 24.3 Å². The van der Waals surface area contributed by atoms with Crippen LogP contribution in [-0.2, 0) is 4.79 Å². The number of amides is 1. The Morgan fingerprint density at radius 3 is 2.76 bits per heavy atom. The molecule has 0 N–H and O–H groups in total. The van der Waals surface area contributed by atoms with Crippen molar-refractivity contribution in [1.29, 1.82) is 5.26 Å². The zero-order chi connectivity index (χ0) is 12.4. The molecule has 0 saturated heterocycles. The summed E-state index contributed by atoms with van der Waals surface area (Å²) in [6.07, 6.45) is 1.93. The number of carbonyl (C=O) groups is 1. The van der Waals surface area contributed by atoms with Crippen LogP contribution in [0.1, 0.15) is 30.0 Å². The third-order valence-corrected chi connectivity index (χ3v) is 3.14. The lowest BCUT2D eigenvalue weighted by Gasteiger charge is -2.23. The van der Waals surface area contributed by atoms with E-state index in [0.29, 0.717) is 0 Å². The Kier molecular flexibility index (Phi) is 3.14. The van der Waals surface area contributed by atoms with Crippen molar-refractivity contribution in [3.63, 3.8) is 0 Å². The number of rotatable bonds is 3. The summed E-state index contributed by atoms with van der Waals surface area (Å²) in [5.74, 6) is 0.249. The molecule has 0 bridgehead atoms. The minimum Gasteiger partial charge on any atom is -0.326 e. The molecule has 1 unspecified atom stereocenters. The lowest BCUT2D eigenvalue weighted by molar-refractivity contribution is -0.132. The van der Waals surface area contributed by atoms with Gasteiger partial charge in [0.2, 0.25) is 5.91 Å². The Balaban J connectivity index is 2.21. The van der Waals surface area contributed by atoms with Crippen molar-refractivity contribution in [2.75, 3.05) is 7.05 Å². The van der Waals surface area contributed by atoms with Gasteiger partial charge in [0, 0.05) is 13.0 Å². The summed E-state index contributed by atoms with van der Waals surface area (Å²) in [5, 5.41) is 9.25. The van der Waals surface area contributed by atoms with Gasteiger partial charge in [0.05, 0.1) is 6.07 Å². The zero-order valence-electron chi connectivity index (χ0n) is 10.2. The SMILES string of the molecule is Cc1cccc(C(C#N)N(C)C(=O)C2CC2)c1. The predicted octanol–water partition coefficient (Wildman–Crippen LogP) is 2.43. The van der Waals surface area contributed by atoms with E-state index < -0.39 is 6.04 Å². The van der Waals surface area contributed by atoms with E-state index in [4.69, 9.17) is 0 Å². The fraction of sp³-hybridized carbons (Fsp3) is 0.429. The standard InChI is InChI=1S/C14H16N2O/c1-10-4-3-5-12(8-10)13(9-15)16(2)14(17)11-6-7-11/h3-5,8,11,13H,6-7H2,1-2H3. The monoisotopic (exact) mass is 228 g/mol. The molecule has 17 heavy (non-hydrogen) atoms. The highest BCUT2D eigenvalue weighted by atomic mass is 16.2. The summed E-state index contributed by atoms with van der Waals surface area (Å²) in [4.78, 5) is 13.5. The minimum absolute atomic E-state index is 0.0954. The molecule has 3 heteroatoms. The van der Waals surface area contributed by atoms with Crippen molar-refractivity contribution in [3.05, 3.63) is 35.4 Å². The van der Waals surface area contributed by atoms with E-state index in [-0.39, 0.29) is 11.8 Å². The van der Waals surface area contributed by atoms with E-state index in [1.807, 2.05) is 31.2 Å². The molecule has 0 heterocycles. The lowest BCUT2D eigenvalue weighted by Crippen LogP contribution is -2.31. The maximum atomic E-state index is 11.9. The lowest BCUT2D eigenvalue weighted by atomic mass is 10.0. The summed E-state index contributed by atoms with van der Waals surface area (Å²) in [5.41, 5.74) is 2.00. The molecule has 3 nitrogen and oxygen atoms in total. The topological polar surface area (TPSA) is 44.1 Å². The van der Waals surface area contributed by atoms with E-state index in [1.54, 1.807) is 11.9 Å². The summed E-state index contributed by atoms with van der Waals surface area (Å²) in [6.45, 7) is 1.99. The molecule has 1 atom stereocenters. The first kappa shape index (κ1) is 11.7. The molecular formula is C14H16N2O. The van der Waals surface area contributed by atoms with Gasteiger partial charge in [-0.15, -0.1) is 0 Å². The molecule has 1 amide bonds. The molecule has 1 aromatic rings. The quantitative estimate of drug-likeness (QED) is 0.797. The van der Waals surface area contributed by atoms with Crippen LogP contribution in [0.2, 0.25) is 0 Å². The van der Waals surface area contributed by atoms with Crippen molar-refractivity contribution >= 4 is 5.91 Å². The van der Waals surface area contributed by atoms with Crippen LogP contribution in [0.5, 0.6) is 0 Å². The molecule has 0 aliphatic heterocycles. The summed E-state index contributed by atoms with van der Waals surface area (Å²) in [7, 11) is 1.72. The van der Waals surface area contributed by atoms with Gasteiger partial charge in [-0.1, -0.05) is 29.8 Å². The average Bonchev–Trinajstić information content (AvgIpc) is 3.13. The summed E-state index contributed by atoms with van der Waals surface area (Å²) < 4.78 is 0. The van der Waals surface area contributed by atoms with Crippen molar-refractivity contribution in [2.45, 2.75) is 25.8 Å². The Labute approximate surface area is 102 Å². The number of hydrogen-bond donors (Lipinski definition) is 0. The molecule has 1 aliphatic carbocycles. The second-order valence-corrected chi connectivity index (χ2v) is 4.67. The molecule has 1 aromatic carbocycles. The number of hydrogen-bond acceptors (Lipinski definition) is 2. The maximum absolute atomic E-state index is 11.9. The number of benzene rings is 1. The Morgan fingerprint density at radius 1 is 1.53 bits per heavy atom. The number of carbonyl (C=O) groups excluding carboxylic acids is 1. The van der Waals surface area contributed by atoms with Gasteiger partial charge < -0.3 is 4.90 Å². The Bertz CT molecular complexity index is 471. The molecule has 0 radical (unpaired) electrons. The van der Waals surface area contributed by atoms with Gasteiger partial charge in [0.25, 0.3) is 0 Å². The summed E-state index contributed by atoms with van der Waals surface area (Å²) in [6, 6.07) is 9.52. The molecule has 0 spiro atoms. The third-order valence-electron chi connectivity index (χ3n) is 3.14. The second kappa shape index (κ2) is 4.58. The highest BCUT2D eigenvalue weighted by Crippen LogP contribution is 2.33. The van der Waals surface area contributed by atoms with Crippen LogP contribution >= 0.6 is 0 Å². The van der Waals surface area contributed by atoms with E-state index in [2.05, 4.69) is 6.07 Å². The van der Waals surface area contributed by atoms with Crippen molar-refractivity contribution < 1.29 is 4.79 Å². The third kappa shape index (κ3) is 2.47. The predicted molar refractivity (Wildman–Crippen MR) is 65.0 cm³/mol. The van der Waals surface area contributed by atoms with Crippen LogP contribution < -0.4 is 0 Å². The first-order valence-electron chi connectivity index (χ1n) is 5.86. The van der Waals surface area contributed by atoms with Gasteiger partial charge in [-0.3, -0.25) is 4.79 Å². The van der Waals surface area contributed by atoms with Gasteiger partial charge in [-0.25, -0.2) is 0 Å². The van der Waals surface area contributed by atoms with Crippen LogP contribution in [0.3, 0.4) is 0 Å². The average molecular weight is 228 g/mol. The molecule has 0 aromatic heterocycles. The highest BCUT2D eigenvalue weighted by molar-refractivity contribution is 5.81. The van der Waals surface area contributed by atoms with Gasteiger partial charge >= 0.3 is 0 Å². The van der Waals surface area contributed by atoms with Crippen molar-refractivity contribution in [3.8, 4) is 6.07 Å². The van der Waals surface area contributed by atoms with Crippen LogP contribution in [0, 0.1) is 24.2 Å². The molecule has 1 aliphatic rings. The Hall–Kier alpha value is -1.82. The van der Waals surface area contributed by atoms with E-state index in [1.165, 1.54) is 0 Å². The number of aryl methyl sites for hydroxylation is 1. The van der Waals surface area contributed by atoms with E-state index in [9.17, 15) is 10.1 Å². The smallest absolute Gasteiger partial charge is 0.226 e. The van der Waals surface area contributed by atoms with Crippen LogP contribution in [0.25, 0.3) is 0 Å². The number of nitriles is 1. The maximum Gasteiger partial charge on any atom is 0.226 e. The largest absolute Gasteiger partial charge is 0.326 e. The van der Waals surface area contributed by atoms with Crippen LogP contribution in [0.4, 0.5) is 0 Å².